The van der Waals surface area contributed by atoms with Crippen LogP contribution in [0.5, 0.6) is 0 Å². The average Bonchev–Trinajstić information content (AvgIpc) is 3.58. The molecule has 0 aliphatic heterocycles. The molecule has 2 N–H and O–H groups in total. The Morgan fingerprint density at radius 1 is 1.07 bits per heavy atom. The van der Waals surface area contributed by atoms with E-state index in [1.165, 1.54) is 0 Å². The molecular weight excluding hydrogens is 430 g/mol. The molecule has 2 aliphatic carbocycles. The van der Waals surface area contributed by atoms with Crippen LogP contribution in [0.1, 0.15) is 47.2 Å². The first kappa shape index (κ1) is 20.1. The van der Waals surface area contributed by atoms with E-state index in [2.05, 4.69) is 31.5 Å². The Morgan fingerprint density at radius 2 is 1.79 bits per heavy atom. The third-order valence-corrected chi connectivity index (χ3v) is 5.98. The Balaban J connectivity index is 1.35. The van der Waals surface area contributed by atoms with Gasteiger partial charge >= 0.3 is 0 Å². The lowest BCUT2D eigenvalue weighted by atomic mass is 10.1. The number of rotatable bonds is 8. The van der Waals surface area contributed by atoms with Crippen molar-refractivity contribution in [3.05, 3.63) is 63.6 Å². The number of benzene rings is 2. The molecule has 0 atom stereocenters. The Hall–Kier alpha value is -2.18. The van der Waals surface area contributed by atoms with E-state index in [0.717, 1.165) is 47.0 Å². The van der Waals surface area contributed by atoms with Crippen molar-refractivity contribution in [2.75, 3.05) is 11.9 Å². The molecule has 6 heteroatoms. The fourth-order valence-corrected chi connectivity index (χ4v) is 3.93. The van der Waals surface area contributed by atoms with E-state index in [4.69, 9.17) is 0 Å². The first-order valence-electron chi connectivity index (χ1n) is 10.2. The fourth-order valence-electron chi connectivity index (χ4n) is 3.34. The average molecular weight is 456 g/mol. The van der Waals surface area contributed by atoms with Crippen molar-refractivity contribution in [1.82, 2.24) is 10.2 Å². The molecule has 29 heavy (non-hydrogen) atoms. The molecule has 2 amide bonds. The summed E-state index contributed by atoms with van der Waals surface area (Å²) in [4.78, 5) is 27.0. The Bertz CT molecular complexity index is 905. The van der Waals surface area contributed by atoms with Gasteiger partial charge in [-0.05, 0) is 83.9 Å². The SMILES string of the molecule is Cc1ccc(NC(=O)CN(Cc2ccc(C(=O)NC3CC3)cc2)C2CC2)c(Br)c1. The minimum absolute atomic E-state index is 0.00107. The summed E-state index contributed by atoms with van der Waals surface area (Å²) in [6.07, 6.45) is 4.43. The van der Waals surface area contributed by atoms with Crippen molar-refractivity contribution >= 4 is 33.4 Å². The highest BCUT2D eigenvalue weighted by molar-refractivity contribution is 9.10. The van der Waals surface area contributed by atoms with Gasteiger partial charge in [0.05, 0.1) is 12.2 Å². The summed E-state index contributed by atoms with van der Waals surface area (Å²) in [6.45, 7) is 3.08. The van der Waals surface area contributed by atoms with Crippen LogP contribution in [0.3, 0.4) is 0 Å². The predicted molar refractivity (Wildman–Crippen MR) is 118 cm³/mol. The molecule has 2 aliphatic rings. The van der Waals surface area contributed by atoms with Crippen LogP contribution in [-0.2, 0) is 11.3 Å². The van der Waals surface area contributed by atoms with Crippen LogP contribution in [0.15, 0.2) is 46.9 Å². The summed E-state index contributed by atoms with van der Waals surface area (Å²) >= 11 is 3.51. The van der Waals surface area contributed by atoms with E-state index in [1.807, 2.05) is 49.4 Å². The lowest BCUT2D eigenvalue weighted by molar-refractivity contribution is -0.117. The summed E-state index contributed by atoms with van der Waals surface area (Å²) in [7, 11) is 0. The highest BCUT2D eigenvalue weighted by Gasteiger charge is 2.30. The first-order chi connectivity index (χ1) is 14.0. The highest BCUT2D eigenvalue weighted by Crippen LogP contribution is 2.29. The maximum atomic E-state index is 12.6. The number of carbonyl (C=O) groups is 2. The number of carbonyl (C=O) groups excluding carboxylic acids is 2. The number of aryl methyl sites for hydroxylation is 1. The van der Waals surface area contributed by atoms with Gasteiger partial charge in [0.1, 0.15) is 0 Å². The minimum atomic E-state index is -0.0121. The fraction of sp³-hybridized carbons (Fsp3) is 0.391. The van der Waals surface area contributed by atoms with Crippen LogP contribution >= 0.6 is 15.9 Å². The van der Waals surface area contributed by atoms with E-state index < -0.39 is 0 Å². The number of hydrogen-bond donors (Lipinski definition) is 2. The van der Waals surface area contributed by atoms with Crippen molar-refractivity contribution in [2.24, 2.45) is 0 Å². The quantitative estimate of drug-likeness (QED) is 0.625. The third kappa shape index (κ3) is 5.67. The molecule has 2 aromatic carbocycles. The molecule has 152 valence electrons. The van der Waals surface area contributed by atoms with Crippen LogP contribution in [0, 0.1) is 6.92 Å². The van der Waals surface area contributed by atoms with Gasteiger partial charge < -0.3 is 10.6 Å². The molecular formula is C23H26BrN3O2. The molecule has 0 spiro atoms. The second kappa shape index (κ2) is 8.67. The van der Waals surface area contributed by atoms with E-state index in [9.17, 15) is 9.59 Å². The zero-order valence-corrected chi connectivity index (χ0v) is 18.2. The van der Waals surface area contributed by atoms with Crippen LogP contribution in [0.4, 0.5) is 5.69 Å². The highest BCUT2D eigenvalue weighted by atomic mass is 79.9. The van der Waals surface area contributed by atoms with Crippen LogP contribution in [-0.4, -0.2) is 35.3 Å². The van der Waals surface area contributed by atoms with E-state index in [1.54, 1.807) is 0 Å². The predicted octanol–water partition coefficient (Wildman–Crippen LogP) is 4.25. The van der Waals surface area contributed by atoms with Gasteiger partial charge in [-0.25, -0.2) is 0 Å². The summed E-state index contributed by atoms with van der Waals surface area (Å²) in [5.74, 6) is -0.0111. The molecule has 0 heterocycles. The van der Waals surface area contributed by atoms with Crippen LogP contribution in [0.25, 0.3) is 0 Å². The molecule has 0 unspecified atom stereocenters. The number of nitrogens with zero attached hydrogens (tertiary/aromatic N) is 1. The standard InChI is InChI=1S/C23H26BrN3O2/c1-15-2-11-21(20(24)12-15)26-22(28)14-27(19-9-10-19)13-16-3-5-17(6-4-16)23(29)25-18-7-8-18/h2-6,11-12,18-19H,7-10,13-14H2,1H3,(H,25,29)(H,26,28). The molecule has 2 fully saturated rings. The first-order valence-corrected chi connectivity index (χ1v) is 11.0. The summed E-state index contributed by atoms with van der Waals surface area (Å²) in [5.41, 5.74) is 3.75. The Morgan fingerprint density at radius 3 is 2.41 bits per heavy atom. The van der Waals surface area contributed by atoms with Crippen molar-refractivity contribution in [3.8, 4) is 0 Å². The summed E-state index contributed by atoms with van der Waals surface area (Å²) in [5, 5.41) is 6.01. The normalized spacial score (nSPS) is 16.0. The van der Waals surface area contributed by atoms with Gasteiger partial charge in [-0.3, -0.25) is 14.5 Å². The van der Waals surface area contributed by atoms with Crippen molar-refractivity contribution < 1.29 is 9.59 Å². The topological polar surface area (TPSA) is 61.4 Å². The Kier molecular flexibility index (Phi) is 6.01. The van der Waals surface area contributed by atoms with Gasteiger partial charge in [-0.15, -0.1) is 0 Å². The maximum absolute atomic E-state index is 12.6. The summed E-state index contributed by atoms with van der Waals surface area (Å²) < 4.78 is 0.892. The molecule has 4 rings (SSSR count). The second-order valence-corrected chi connectivity index (χ2v) is 8.97. The molecule has 0 radical (unpaired) electrons. The lowest BCUT2D eigenvalue weighted by Crippen LogP contribution is -2.34. The number of nitrogens with one attached hydrogen (secondary N) is 2. The van der Waals surface area contributed by atoms with Gasteiger partial charge in [0.15, 0.2) is 0 Å². The maximum Gasteiger partial charge on any atom is 0.251 e. The molecule has 5 nitrogen and oxygen atoms in total. The zero-order chi connectivity index (χ0) is 20.4. The number of halogens is 1. The van der Waals surface area contributed by atoms with E-state index >= 15 is 0 Å². The smallest absolute Gasteiger partial charge is 0.251 e. The summed E-state index contributed by atoms with van der Waals surface area (Å²) in [6, 6.07) is 14.5. The zero-order valence-electron chi connectivity index (χ0n) is 16.6. The lowest BCUT2D eigenvalue weighted by Gasteiger charge is -2.22. The van der Waals surface area contributed by atoms with Gasteiger partial charge in [0.2, 0.25) is 5.91 Å². The van der Waals surface area contributed by atoms with Crippen molar-refractivity contribution in [1.29, 1.82) is 0 Å². The van der Waals surface area contributed by atoms with E-state index in [0.29, 0.717) is 30.7 Å². The van der Waals surface area contributed by atoms with E-state index in [-0.39, 0.29) is 11.8 Å². The van der Waals surface area contributed by atoms with Gasteiger partial charge in [-0.2, -0.15) is 0 Å². The number of hydrogen-bond acceptors (Lipinski definition) is 3. The molecule has 0 aromatic heterocycles. The third-order valence-electron chi connectivity index (χ3n) is 5.32. The van der Waals surface area contributed by atoms with Gasteiger partial charge in [0.25, 0.3) is 5.91 Å². The minimum Gasteiger partial charge on any atom is -0.349 e. The molecule has 2 aromatic rings. The molecule has 0 saturated heterocycles. The van der Waals surface area contributed by atoms with Crippen LogP contribution < -0.4 is 10.6 Å². The van der Waals surface area contributed by atoms with Crippen molar-refractivity contribution in [3.63, 3.8) is 0 Å². The largest absolute Gasteiger partial charge is 0.349 e. The number of anilines is 1. The monoisotopic (exact) mass is 455 g/mol. The second-order valence-electron chi connectivity index (χ2n) is 8.11. The van der Waals surface area contributed by atoms with Crippen LogP contribution in [0.2, 0.25) is 0 Å². The van der Waals surface area contributed by atoms with Gasteiger partial charge in [-0.1, -0.05) is 18.2 Å². The molecule has 0 bridgehead atoms. The number of amides is 2. The Labute approximate surface area is 180 Å². The van der Waals surface area contributed by atoms with Crippen molar-refractivity contribution in [2.45, 2.75) is 51.2 Å². The molecule has 2 saturated carbocycles. The van der Waals surface area contributed by atoms with Gasteiger partial charge in [0, 0.05) is 28.7 Å².